The van der Waals surface area contributed by atoms with Gasteiger partial charge >= 0.3 is 0 Å². The van der Waals surface area contributed by atoms with Gasteiger partial charge < -0.3 is 14.7 Å². The summed E-state index contributed by atoms with van der Waals surface area (Å²) in [6.07, 6.45) is 7.29. The number of rotatable bonds is 3. The molecule has 0 spiro atoms. The summed E-state index contributed by atoms with van der Waals surface area (Å²) in [5.41, 5.74) is 20.4. The third kappa shape index (κ3) is 5.05. The van der Waals surface area contributed by atoms with E-state index in [1.54, 1.807) is 0 Å². The van der Waals surface area contributed by atoms with E-state index in [9.17, 15) is 0 Å². The van der Waals surface area contributed by atoms with Crippen LogP contribution in [-0.4, -0.2) is 12.3 Å². The standard InChI is InChI=1S/C56H56BN3S/c1-35-20-23-38(24-21-35)58-46-30-36(2)22-25-44(46)57-50-47(58)31-39(60-45-19-13-12-18-41(45)55(7)26-14-15-27-56(55,60)8)32-48(50)59(37-16-10-9-11-17-37)51-40-33-42-43(34-49(40)61-52(51)57)54(5,6)29-28-53(42,3)4/h9-13,16-25,30-34H,14-15,26-29H2,1-8H3. The number of fused-ring (bicyclic) bond motifs is 10. The Hall–Kier alpha value is -5.26. The lowest BCUT2D eigenvalue weighted by atomic mass is 9.36. The molecule has 1 fully saturated rings. The van der Waals surface area contributed by atoms with Crippen molar-refractivity contribution in [3.8, 4) is 0 Å². The van der Waals surface area contributed by atoms with Gasteiger partial charge in [0.05, 0.1) is 11.2 Å². The molecule has 3 nitrogen and oxygen atoms in total. The molecule has 5 aliphatic rings. The van der Waals surface area contributed by atoms with Gasteiger partial charge in [0.2, 0.25) is 0 Å². The summed E-state index contributed by atoms with van der Waals surface area (Å²) >= 11 is 2.04. The van der Waals surface area contributed by atoms with E-state index in [1.807, 2.05) is 11.3 Å². The van der Waals surface area contributed by atoms with Crippen LogP contribution in [0.2, 0.25) is 0 Å². The molecular formula is C56H56BN3S. The highest BCUT2D eigenvalue weighted by Crippen LogP contribution is 2.62. The zero-order valence-corrected chi connectivity index (χ0v) is 37.9. The molecule has 5 heteroatoms. The summed E-state index contributed by atoms with van der Waals surface area (Å²) in [4.78, 5) is 8.07. The Kier molecular flexibility index (Phi) is 7.79. The van der Waals surface area contributed by atoms with Gasteiger partial charge in [-0.05, 0) is 151 Å². The normalized spacial score (nSPS) is 22.6. The molecule has 2 atom stereocenters. The molecule has 0 amide bonds. The Balaban J connectivity index is 1.22. The molecule has 0 N–H and O–H groups in total. The van der Waals surface area contributed by atoms with Crippen molar-refractivity contribution >= 4 is 89.3 Å². The van der Waals surface area contributed by atoms with E-state index < -0.39 is 0 Å². The first kappa shape index (κ1) is 37.5. The van der Waals surface area contributed by atoms with E-state index in [1.165, 1.54) is 131 Å². The quantitative estimate of drug-likeness (QED) is 0.165. The minimum atomic E-state index is -0.0723. The van der Waals surface area contributed by atoms with E-state index in [0.29, 0.717) is 0 Å². The molecule has 4 heterocycles. The van der Waals surface area contributed by atoms with Crippen molar-refractivity contribution in [1.82, 2.24) is 0 Å². The number of hydrogen-bond acceptors (Lipinski definition) is 4. The summed E-state index contributed by atoms with van der Waals surface area (Å²) in [6.45, 7) is 19.6. The number of benzene rings is 6. The monoisotopic (exact) mass is 813 g/mol. The summed E-state index contributed by atoms with van der Waals surface area (Å²) in [6, 6.07) is 47.6. The number of hydrogen-bond donors (Lipinski definition) is 0. The van der Waals surface area contributed by atoms with Gasteiger partial charge in [0, 0.05) is 60.1 Å². The van der Waals surface area contributed by atoms with Crippen LogP contribution in [0.4, 0.5) is 45.5 Å². The van der Waals surface area contributed by atoms with Gasteiger partial charge in [0.1, 0.15) is 0 Å². The maximum Gasteiger partial charge on any atom is 0.264 e. The van der Waals surface area contributed by atoms with Gasteiger partial charge in [-0.25, -0.2) is 0 Å². The Morgan fingerprint density at radius 3 is 1.92 bits per heavy atom. The molecule has 1 aromatic heterocycles. The van der Waals surface area contributed by atoms with Crippen LogP contribution in [0.15, 0.2) is 121 Å². The van der Waals surface area contributed by atoms with Gasteiger partial charge in [-0.1, -0.05) is 114 Å². The number of anilines is 8. The highest BCUT2D eigenvalue weighted by atomic mass is 32.1. The number of thiophene rings is 1. The number of nitrogens with zero attached hydrogens (tertiary/aromatic N) is 3. The highest BCUT2D eigenvalue weighted by molar-refractivity contribution is 7.33. The zero-order valence-electron chi connectivity index (χ0n) is 37.1. The van der Waals surface area contributed by atoms with Crippen LogP contribution >= 0.6 is 11.3 Å². The lowest BCUT2D eigenvalue weighted by Crippen LogP contribution is -2.60. The number of para-hydroxylation sites is 2. The second-order valence-electron chi connectivity index (χ2n) is 20.9. The van der Waals surface area contributed by atoms with Crippen molar-refractivity contribution in [3.63, 3.8) is 0 Å². The van der Waals surface area contributed by atoms with Crippen molar-refractivity contribution in [3.05, 3.63) is 149 Å². The average Bonchev–Trinajstić information content (AvgIpc) is 3.72. The van der Waals surface area contributed by atoms with Crippen molar-refractivity contribution in [2.45, 2.75) is 116 Å². The number of aryl methyl sites for hydroxylation is 2. The molecule has 3 aliphatic heterocycles. The molecule has 304 valence electrons. The summed E-state index contributed by atoms with van der Waals surface area (Å²) < 4.78 is 2.85. The molecule has 2 unspecified atom stereocenters. The molecule has 12 rings (SSSR count). The molecular weight excluding hydrogens is 758 g/mol. The Bertz CT molecular complexity index is 2960. The minimum absolute atomic E-state index is 0.0490. The second kappa shape index (κ2) is 12.7. The Morgan fingerprint density at radius 2 is 1.16 bits per heavy atom. The summed E-state index contributed by atoms with van der Waals surface area (Å²) in [5, 5.41) is 1.39. The van der Waals surface area contributed by atoms with Gasteiger partial charge in [-0.2, -0.15) is 0 Å². The van der Waals surface area contributed by atoms with E-state index in [-0.39, 0.29) is 28.5 Å². The van der Waals surface area contributed by atoms with Crippen LogP contribution in [0.25, 0.3) is 10.1 Å². The molecule has 0 saturated heterocycles. The Morgan fingerprint density at radius 1 is 0.525 bits per heavy atom. The van der Waals surface area contributed by atoms with Gasteiger partial charge in [0.15, 0.2) is 0 Å². The second-order valence-corrected chi connectivity index (χ2v) is 22.0. The van der Waals surface area contributed by atoms with E-state index in [2.05, 4.69) is 191 Å². The molecule has 0 radical (unpaired) electrons. The highest BCUT2D eigenvalue weighted by Gasteiger charge is 2.58. The largest absolute Gasteiger partial charge is 0.334 e. The predicted octanol–water partition coefficient (Wildman–Crippen LogP) is 13.7. The van der Waals surface area contributed by atoms with Crippen LogP contribution in [-0.2, 0) is 16.2 Å². The van der Waals surface area contributed by atoms with Crippen molar-refractivity contribution < 1.29 is 0 Å². The van der Waals surface area contributed by atoms with Gasteiger partial charge in [0.25, 0.3) is 6.71 Å². The van der Waals surface area contributed by atoms with Crippen molar-refractivity contribution in [1.29, 1.82) is 0 Å². The van der Waals surface area contributed by atoms with E-state index in [4.69, 9.17) is 0 Å². The maximum atomic E-state index is 2.79. The van der Waals surface area contributed by atoms with Gasteiger partial charge in [-0.15, -0.1) is 11.3 Å². The average molecular weight is 814 g/mol. The lowest BCUT2D eigenvalue weighted by Gasteiger charge is -2.51. The Labute approximate surface area is 367 Å². The van der Waals surface area contributed by atoms with Crippen LogP contribution in [0.1, 0.15) is 108 Å². The van der Waals surface area contributed by atoms with E-state index in [0.717, 1.165) is 6.42 Å². The van der Waals surface area contributed by atoms with E-state index >= 15 is 0 Å². The molecule has 1 saturated carbocycles. The summed E-state index contributed by atoms with van der Waals surface area (Å²) in [5.74, 6) is 0. The maximum absolute atomic E-state index is 2.79. The SMILES string of the molecule is Cc1ccc(N2c3cc(C)ccc3B3c4sc5cc6c(cc5c4N(c4ccccc4)c4cc(N5c7ccccc7C7(C)CCCCC57C)cc2c43)C(C)(C)CCC6(C)C)cc1. The smallest absolute Gasteiger partial charge is 0.264 e. The van der Waals surface area contributed by atoms with Crippen LogP contribution in [0.5, 0.6) is 0 Å². The first-order valence-electron chi connectivity index (χ1n) is 22.8. The third-order valence-corrected chi connectivity index (χ3v) is 17.6. The van der Waals surface area contributed by atoms with Crippen molar-refractivity contribution in [2.75, 3.05) is 14.7 Å². The molecule has 7 aromatic rings. The predicted molar refractivity (Wildman–Crippen MR) is 263 cm³/mol. The molecule has 61 heavy (non-hydrogen) atoms. The fraction of sp³-hybridized carbons (Fsp3) is 0.321. The fourth-order valence-electron chi connectivity index (χ4n) is 12.7. The minimum Gasteiger partial charge on any atom is -0.334 e. The third-order valence-electron chi connectivity index (χ3n) is 16.4. The molecule has 6 aromatic carbocycles. The van der Waals surface area contributed by atoms with Gasteiger partial charge in [-0.3, -0.25) is 0 Å². The molecule has 2 aliphatic carbocycles. The van der Waals surface area contributed by atoms with Crippen LogP contribution in [0.3, 0.4) is 0 Å². The first-order valence-corrected chi connectivity index (χ1v) is 23.6. The van der Waals surface area contributed by atoms with Crippen molar-refractivity contribution in [2.24, 2.45) is 0 Å². The topological polar surface area (TPSA) is 9.72 Å². The lowest BCUT2D eigenvalue weighted by molar-refractivity contribution is 0.195. The first-order chi connectivity index (χ1) is 29.3. The van der Waals surface area contributed by atoms with Crippen LogP contribution in [0, 0.1) is 13.8 Å². The summed E-state index contributed by atoms with van der Waals surface area (Å²) in [7, 11) is 0. The zero-order chi connectivity index (χ0) is 41.8. The molecule has 0 bridgehead atoms. The van der Waals surface area contributed by atoms with Crippen LogP contribution < -0.4 is 30.4 Å². The fourth-order valence-corrected chi connectivity index (χ4v) is 14.0.